The maximum Gasteiger partial charge on any atom is 0.416 e. The Kier molecular flexibility index (Phi) is 4.43. The predicted molar refractivity (Wildman–Crippen MR) is 74.7 cm³/mol. The number of nitrogens with zero attached hydrogens (tertiary/aromatic N) is 1. The second-order valence-electron chi connectivity index (χ2n) is 4.98. The molecule has 1 fully saturated rings. The van der Waals surface area contributed by atoms with Gasteiger partial charge in [0.25, 0.3) is 0 Å². The van der Waals surface area contributed by atoms with E-state index in [1.54, 1.807) is 12.1 Å². The van der Waals surface area contributed by atoms with Crippen molar-refractivity contribution < 1.29 is 13.2 Å². The normalized spacial score (nSPS) is 20.1. The predicted octanol–water partition coefficient (Wildman–Crippen LogP) is 4.84. The van der Waals surface area contributed by atoms with E-state index < -0.39 is 11.7 Å². The number of benzene rings is 1. The van der Waals surface area contributed by atoms with Gasteiger partial charge in [0.15, 0.2) is 0 Å². The second-order valence-corrected chi connectivity index (χ2v) is 5.54. The smallest absolute Gasteiger partial charge is 0.371 e. The Balaban J connectivity index is 2.28. The minimum absolute atomic E-state index is 0.222. The van der Waals surface area contributed by atoms with E-state index in [1.807, 2.05) is 0 Å². The number of hydrogen-bond acceptors (Lipinski definition) is 1. The summed E-state index contributed by atoms with van der Waals surface area (Å²) in [7, 11) is 0. The van der Waals surface area contributed by atoms with E-state index in [1.165, 1.54) is 6.07 Å². The molecule has 0 saturated carbocycles. The number of hydrogen-bond donors (Lipinski definition) is 0. The molecule has 1 aliphatic rings. The van der Waals surface area contributed by atoms with Gasteiger partial charge in [0.2, 0.25) is 0 Å². The summed E-state index contributed by atoms with van der Waals surface area (Å²) in [5.41, 5.74) is 0.456. The number of halogens is 4. The SMILES string of the molecule is CCC1CCN(c2ccc(CBr)c(C(F)(F)F)c2)C1. The molecule has 0 spiro atoms. The number of anilines is 1. The molecule has 1 heterocycles. The third kappa shape index (κ3) is 3.25. The van der Waals surface area contributed by atoms with Crippen LogP contribution in [0.15, 0.2) is 18.2 Å². The quantitative estimate of drug-likeness (QED) is 0.714. The van der Waals surface area contributed by atoms with E-state index in [-0.39, 0.29) is 5.33 Å². The topological polar surface area (TPSA) is 3.24 Å². The Morgan fingerprint density at radius 2 is 2.11 bits per heavy atom. The van der Waals surface area contributed by atoms with Gasteiger partial charge in [-0.05, 0) is 30.0 Å². The molecule has 1 aromatic rings. The van der Waals surface area contributed by atoms with Gasteiger partial charge in [-0.2, -0.15) is 13.2 Å². The lowest BCUT2D eigenvalue weighted by atomic mass is 10.1. The van der Waals surface area contributed by atoms with Crippen LogP contribution in [0.4, 0.5) is 18.9 Å². The molecule has 0 N–H and O–H groups in total. The zero-order chi connectivity index (χ0) is 14.0. The van der Waals surface area contributed by atoms with Gasteiger partial charge in [-0.3, -0.25) is 0 Å². The molecule has 1 aromatic carbocycles. The molecular weight excluding hydrogens is 319 g/mol. The molecular formula is C14H17BrF3N. The Bertz CT molecular complexity index is 445. The molecule has 106 valence electrons. The first kappa shape index (κ1) is 14.7. The van der Waals surface area contributed by atoms with E-state index in [0.717, 1.165) is 25.9 Å². The van der Waals surface area contributed by atoms with Crippen molar-refractivity contribution in [2.75, 3.05) is 18.0 Å². The first-order valence-electron chi connectivity index (χ1n) is 6.46. The highest BCUT2D eigenvalue weighted by Crippen LogP contribution is 2.36. The molecule has 1 aliphatic heterocycles. The summed E-state index contributed by atoms with van der Waals surface area (Å²) in [5, 5.41) is 0.222. The van der Waals surface area contributed by atoms with E-state index >= 15 is 0 Å². The molecule has 5 heteroatoms. The third-order valence-electron chi connectivity index (χ3n) is 3.77. The molecule has 0 aromatic heterocycles. The van der Waals surface area contributed by atoms with E-state index in [0.29, 0.717) is 17.2 Å². The standard InChI is InChI=1S/C14H17BrF3N/c1-2-10-5-6-19(9-10)12-4-3-11(8-15)13(7-12)14(16,17)18/h3-4,7,10H,2,5-6,8-9H2,1H3. The Morgan fingerprint density at radius 1 is 1.37 bits per heavy atom. The van der Waals surface area contributed by atoms with Crippen LogP contribution in [-0.4, -0.2) is 13.1 Å². The summed E-state index contributed by atoms with van der Waals surface area (Å²) in [6.45, 7) is 3.84. The van der Waals surface area contributed by atoms with E-state index in [4.69, 9.17) is 0 Å². The van der Waals surface area contributed by atoms with Crippen LogP contribution < -0.4 is 4.90 Å². The van der Waals surface area contributed by atoms with Gasteiger partial charge in [-0.25, -0.2) is 0 Å². The second kappa shape index (κ2) is 5.73. The fourth-order valence-electron chi connectivity index (χ4n) is 2.54. The van der Waals surface area contributed by atoms with Crippen molar-refractivity contribution in [2.45, 2.75) is 31.3 Å². The average molecular weight is 336 g/mol. The molecule has 19 heavy (non-hydrogen) atoms. The highest BCUT2D eigenvalue weighted by molar-refractivity contribution is 9.08. The fraction of sp³-hybridized carbons (Fsp3) is 0.571. The summed E-state index contributed by atoms with van der Waals surface area (Å²) in [5.74, 6) is 0.602. The molecule has 0 aliphatic carbocycles. The summed E-state index contributed by atoms with van der Waals surface area (Å²) >= 11 is 3.12. The molecule has 0 radical (unpaired) electrons. The Labute approximate surface area is 119 Å². The lowest BCUT2D eigenvalue weighted by Gasteiger charge is -2.21. The van der Waals surface area contributed by atoms with Crippen LogP contribution in [0, 0.1) is 5.92 Å². The molecule has 2 rings (SSSR count). The zero-order valence-corrected chi connectivity index (χ0v) is 12.4. The first-order valence-corrected chi connectivity index (χ1v) is 7.59. The van der Waals surface area contributed by atoms with Crippen LogP contribution in [0.1, 0.15) is 30.9 Å². The van der Waals surface area contributed by atoms with Crippen LogP contribution in [0.3, 0.4) is 0 Å². The van der Waals surface area contributed by atoms with Crippen LogP contribution in [-0.2, 0) is 11.5 Å². The fourth-order valence-corrected chi connectivity index (χ4v) is 3.03. The highest BCUT2D eigenvalue weighted by Gasteiger charge is 2.34. The Morgan fingerprint density at radius 3 is 2.63 bits per heavy atom. The van der Waals surface area contributed by atoms with Gasteiger partial charge in [0.1, 0.15) is 0 Å². The molecule has 0 amide bonds. The number of alkyl halides is 4. The zero-order valence-electron chi connectivity index (χ0n) is 10.8. The van der Waals surface area contributed by atoms with Gasteiger partial charge in [0.05, 0.1) is 5.56 Å². The van der Waals surface area contributed by atoms with Gasteiger partial charge < -0.3 is 4.90 Å². The van der Waals surface area contributed by atoms with Crippen LogP contribution >= 0.6 is 15.9 Å². The maximum absolute atomic E-state index is 13.0. The van der Waals surface area contributed by atoms with Gasteiger partial charge in [0, 0.05) is 24.1 Å². The van der Waals surface area contributed by atoms with Crippen molar-refractivity contribution in [1.82, 2.24) is 0 Å². The molecule has 1 nitrogen and oxygen atoms in total. The lowest BCUT2D eigenvalue weighted by molar-refractivity contribution is -0.138. The van der Waals surface area contributed by atoms with Crippen molar-refractivity contribution in [2.24, 2.45) is 5.92 Å². The van der Waals surface area contributed by atoms with Crippen molar-refractivity contribution in [3.63, 3.8) is 0 Å². The lowest BCUT2D eigenvalue weighted by Crippen LogP contribution is -2.20. The van der Waals surface area contributed by atoms with Crippen molar-refractivity contribution >= 4 is 21.6 Å². The molecule has 1 saturated heterocycles. The van der Waals surface area contributed by atoms with Crippen molar-refractivity contribution in [3.8, 4) is 0 Å². The van der Waals surface area contributed by atoms with Crippen LogP contribution in [0.2, 0.25) is 0 Å². The largest absolute Gasteiger partial charge is 0.416 e. The van der Waals surface area contributed by atoms with Gasteiger partial charge >= 0.3 is 6.18 Å². The van der Waals surface area contributed by atoms with Gasteiger partial charge in [-0.15, -0.1) is 0 Å². The van der Waals surface area contributed by atoms with Gasteiger partial charge in [-0.1, -0.05) is 35.3 Å². The summed E-state index contributed by atoms with van der Waals surface area (Å²) in [6, 6.07) is 4.66. The van der Waals surface area contributed by atoms with E-state index in [9.17, 15) is 13.2 Å². The van der Waals surface area contributed by atoms with Crippen molar-refractivity contribution in [3.05, 3.63) is 29.3 Å². The minimum atomic E-state index is -4.29. The third-order valence-corrected chi connectivity index (χ3v) is 4.38. The Hall–Kier alpha value is -0.710. The molecule has 1 atom stereocenters. The highest BCUT2D eigenvalue weighted by atomic mass is 79.9. The van der Waals surface area contributed by atoms with Crippen molar-refractivity contribution in [1.29, 1.82) is 0 Å². The number of rotatable bonds is 3. The molecule has 0 bridgehead atoms. The summed E-state index contributed by atoms with van der Waals surface area (Å²) in [6.07, 6.45) is -2.14. The van der Waals surface area contributed by atoms with Crippen LogP contribution in [0.25, 0.3) is 0 Å². The summed E-state index contributed by atoms with van der Waals surface area (Å²) < 4.78 is 39.0. The van der Waals surface area contributed by atoms with E-state index in [2.05, 4.69) is 27.8 Å². The average Bonchev–Trinajstić information content (AvgIpc) is 2.85. The first-order chi connectivity index (χ1) is 8.95. The minimum Gasteiger partial charge on any atom is -0.371 e. The monoisotopic (exact) mass is 335 g/mol. The summed E-state index contributed by atoms with van der Waals surface area (Å²) in [4.78, 5) is 2.06. The van der Waals surface area contributed by atoms with Crippen LogP contribution in [0.5, 0.6) is 0 Å². The maximum atomic E-state index is 13.0. The molecule has 1 unspecified atom stereocenters.